The standard InChI is InChI=1S/C10H19NO4/c1-2-3-14-4-5-15-10(6-9(12)13)7-11-8-10/h11H,2-8H2,1H3,(H,12,13). The SMILES string of the molecule is CCCOCCOC1(CC(=O)O)CNC1. The van der Waals surface area contributed by atoms with Crippen LogP contribution in [0, 0.1) is 0 Å². The number of carboxylic acid groups (broad SMARTS) is 1. The van der Waals surface area contributed by atoms with E-state index < -0.39 is 11.6 Å². The van der Waals surface area contributed by atoms with E-state index in [0.29, 0.717) is 26.3 Å². The van der Waals surface area contributed by atoms with Crippen molar-refractivity contribution in [2.75, 3.05) is 32.9 Å². The van der Waals surface area contributed by atoms with Gasteiger partial charge in [-0.3, -0.25) is 4.79 Å². The minimum Gasteiger partial charge on any atom is -0.481 e. The highest BCUT2D eigenvalue weighted by Gasteiger charge is 2.40. The van der Waals surface area contributed by atoms with Gasteiger partial charge in [0.1, 0.15) is 5.60 Å². The topological polar surface area (TPSA) is 67.8 Å². The molecule has 1 rings (SSSR count). The first kappa shape index (κ1) is 12.4. The summed E-state index contributed by atoms with van der Waals surface area (Å²) in [5.41, 5.74) is -0.499. The number of aliphatic carboxylic acids is 1. The molecule has 5 heteroatoms. The maximum Gasteiger partial charge on any atom is 0.306 e. The molecular weight excluding hydrogens is 198 g/mol. The molecule has 1 saturated heterocycles. The Morgan fingerprint density at radius 1 is 1.40 bits per heavy atom. The van der Waals surface area contributed by atoms with E-state index in [1.54, 1.807) is 0 Å². The number of carbonyl (C=O) groups is 1. The van der Waals surface area contributed by atoms with E-state index in [2.05, 4.69) is 5.32 Å². The molecule has 0 aromatic rings. The van der Waals surface area contributed by atoms with Gasteiger partial charge in [0.2, 0.25) is 0 Å². The van der Waals surface area contributed by atoms with Crippen LogP contribution >= 0.6 is 0 Å². The fraction of sp³-hybridized carbons (Fsp3) is 0.900. The quantitative estimate of drug-likeness (QED) is 0.570. The molecule has 0 atom stereocenters. The average molecular weight is 217 g/mol. The summed E-state index contributed by atoms with van der Waals surface area (Å²) in [7, 11) is 0. The van der Waals surface area contributed by atoms with Gasteiger partial charge in [-0.25, -0.2) is 0 Å². The van der Waals surface area contributed by atoms with Gasteiger partial charge < -0.3 is 19.9 Å². The van der Waals surface area contributed by atoms with Crippen molar-refractivity contribution in [1.82, 2.24) is 5.32 Å². The Labute approximate surface area is 89.8 Å². The van der Waals surface area contributed by atoms with Crippen LogP contribution in [0.5, 0.6) is 0 Å². The van der Waals surface area contributed by atoms with Crippen molar-refractivity contribution in [2.45, 2.75) is 25.4 Å². The zero-order valence-corrected chi connectivity index (χ0v) is 9.12. The summed E-state index contributed by atoms with van der Waals surface area (Å²) in [5.74, 6) is -0.814. The number of rotatable bonds is 8. The van der Waals surface area contributed by atoms with Gasteiger partial charge in [-0.1, -0.05) is 6.92 Å². The highest BCUT2D eigenvalue weighted by Crippen LogP contribution is 2.20. The molecule has 0 saturated carbocycles. The predicted molar refractivity (Wildman–Crippen MR) is 54.9 cm³/mol. The summed E-state index contributed by atoms with van der Waals surface area (Å²) < 4.78 is 10.8. The van der Waals surface area contributed by atoms with Crippen molar-refractivity contribution in [1.29, 1.82) is 0 Å². The van der Waals surface area contributed by atoms with E-state index in [1.165, 1.54) is 0 Å². The molecule has 0 unspecified atom stereocenters. The maximum absolute atomic E-state index is 10.6. The van der Waals surface area contributed by atoms with Crippen LogP contribution in [0.25, 0.3) is 0 Å². The number of carboxylic acids is 1. The summed E-state index contributed by atoms with van der Waals surface area (Å²) in [6.07, 6.45) is 1.05. The molecule has 5 nitrogen and oxygen atoms in total. The number of ether oxygens (including phenoxy) is 2. The Morgan fingerprint density at radius 2 is 2.13 bits per heavy atom. The van der Waals surface area contributed by atoms with Crippen LogP contribution < -0.4 is 5.32 Å². The van der Waals surface area contributed by atoms with E-state index in [4.69, 9.17) is 14.6 Å². The van der Waals surface area contributed by atoms with Crippen molar-refractivity contribution < 1.29 is 19.4 Å². The first-order chi connectivity index (χ1) is 7.18. The third-order valence-electron chi connectivity index (χ3n) is 2.35. The molecule has 15 heavy (non-hydrogen) atoms. The van der Waals surface area contributed by atoms with Crippen LogP contribution in [0.1, 0.15) is 19.8 Å². The van der Waals surface area contributed by atoms with Crippen molar-refractivity contribution in [3.8, 4) is 0 Å². The van der Waals surface area contributed by atoms with Crippen LogP contribution in [0.15, 0.2) is 0 Å². The molecule has 1 aliphatic rings. The summed E-state index contributed by atoms with van der Waals surface area (Å²) in [6.45, 7) is 5.01. The van der Waals surface area contributed by atoms with Gasteiger partial charge in [0, 0.05) is 19.7 Å². The Bertz CT molecular complexity index is 204. The van der Waals surface area contributed by atoms with Crippen molar-refractivity contribution in [2.24, 2.45) is 0 Å². The summed E-state index contributed by atoms with van der Waals surface area (Å²) >= 11 is 0. The summed E-state index contributed by atoms with van der Waals surface area (Å²) in [5, 5.41) is 11.7. The second kappa shape index (κ2) is 6.05. The first-order valence-corrected chi connectivity index (χ1v) is 5.33. The zero-order chi connectivity index (χ0) is 11.1. The van der Waals surface area contributed by atoms with Crippen LogP contribution in [-0.2, 0) is 14.3 Å². The lowest BCUT2D eigenvalue weighted by Crippen LogP contribution is -2.62. The molecule has 2 N–H and O–H groups in total. The third kappa shape index (κ3) is 4.15. The molecule has 0 amide bonds. The molecule has 0 aliphatic carbocycles. The Hall–Kier alpha value is -0.650. The van der Waals surface area contributed by atoms with E-state index >= 15 is 0 Å². The number of hydrogen-bond donors (Lipinski definition) is 2. The Balaban J connectivity index is 2.13. The van der Waals surface area contributed by atoms with Gasteiger partial charge in [-0.15, -0.1) is 0 Å². The van der Waals surface area contributed by atoms with Crippen molar-refractivity contribution >= 4 is 5.97 Å². The van der Waals surface area contributed by atoms with Crippen LogP contribution in [0.4, 0.5) is 0 Å². The highest BCUT2D eigenvalue weighted by molar-refractivity contribution is 5.68. The Morgan fingerprint density at radius 3 is 2.60 bits per heavy atom. The molecule has 1 fully saturated rings. The molecule has 88 valence electrons. The van der Waals surface area contributed by atoms with Gasteiger partial charge in [0.05, 0.1) is 19.6 Å². The zero-order valence-electron chi connectivity index (χ0n) is 9.12. The largest absolute Gasteiger partial charge is 0.481 e. The maximum atomic E-state index is 10.6. The second-order valence-electron chi connectivity index (χ2n) is 3.82. The fourth-order valence-electron chi connectivity index (χ4n) is 1.52. The third-order valence-corrected chi connectivity index (χ3v) is 2.35. The van der Waals surface area contributed by atoms with Gasteiger partial charge in [-0.2, -0.15) is 0 Å². The molecule has 0 radical (unpaired) electrons. The van der Waals surface area contributed by atoms with Crippen molar-refractivity contribution in [3.05, 3.63) is 0 Å². The van der Waals surface area contributed by atoms with E-state index in [9.17, 15) is 4.79 Å². The molecule has 0 spiro atoms. The molecular formula is C10H19NO4. The Kier molecular flexibility index (Phi) is 5.01. The second-order valence-corrected chi connectivity index (χ2v) is 3.82. The molecule has 0 aromatic heterocycles. The summed E-state index contributed by atoms with van der Waals surface area (Å²) in [6, 6.07) is 0. The van der Waals surface area contributed by atoms with Gasteiger partial charge in [-0.05, 0) is 6.42 Å². The van der Waals surface area contributed by atoms with E-state index in [0.717, 1.165) is 13.0 Å². The van der Waals surface area contributed by atoms with Crippen LogP contribution in [-0.4, -0.2) is 49.6 Å². The lowest BCUT2D eigenvalue weighted by atomic mass is 9.93. The highest BCUT2D eigenvalue weighted by atomic mass is 16.5. The first-order valence-electron chi connectivity index (χ1n) is 5.33. The number of hydrogen-bond acceptors (Lipinski definition) is 4. The minimum atomic E-state index is -0.814. The normalized spacial score (nSPS) is 18.5. The molecule has 1 aliphatic heterocycles. The van der Waals surface area contributed by atoms with Gasteiger partial charge in [0.15, 0.2) is 0 Å². The molecule has 1 heterocycles. The fourth-order valence-corrected chi connectivity index (χ4v) is 1.52. The van der Waals surface area contributed by atoms with Crippen molar-refractivity contribution in [3.63, 3.8) is 0 Å². The molecule has 0 bridgehead atoms. The monoisotopic (exact) mass is 217 g/mol. The van der Waals surface area contributed by atoms with Crippen LogP contribution in [0.2, 0.25) is 0 Å². The number of nitrogens with one attached hydrogen (secondary N) is 1. The average Bonchev–Trinajstić information content (AvgIpc) is 2.12. The smallest absolute Gasteiger partial charge is 0.306 e. The van der Waals surface area contributed by atoms with Gasteiger partial charge in [0.25, 0.3) is 0 Å². The van der Waals surface area contributed by atoms with E-state index in [-0.39, 0.29) is 6.42 Å². The predicted octanol–water partition coefficient (Wildman–Crippen LogP) is 0.246. The molecule has 0 aromatic carbocycles. The summed E-state index contributed by atoms with van der Waals surface area (Å²) in [4.78, 5) is 10.6. The van der Waals surface area contributed by atoms with Gasteiger partial charge >= 0.3 is 5.97 Å². The lowest BCUT2D eigenvalue weighted by molar-refractivity contribution is -0.152. The minimum absolute atomic E-state index is 0.0633. The van der Waals surface area contributed by atoms with Crippen LogP contribution in [0.3, 0.4) is 0 Å². The lowest BCUT2D eigenvalue weighted by Gasteiger charge is -2.41. The van der Waals surface area contributed by atoms with E-state index in [1.807, 2.05) is 6.92 Å².